The number of halogens is 1. The van der Waals surface area contributed by atoms with Gasteiger partial charge in [-0.2, -0.15) is 0 Å². The number of thiophene rings is 1. The van der Waals surface area contributed by atoms with Crippen LogP contribution >= 0.6 is 27.3 Å². The fourth-order valence-electron chi connectivity index (χ4n) is 1.21. The van der Waals surface area contributed by atoms with Crippen molar-refractivity contribution in [2.75, 3.05) is 5.33 Å². The van der Waals surface area contributed by atoms with E-state index in [1.165, 1.54) is 10.1 Å². The molecule has 0 unspecified atom stereocenters. The number of ketones is 1. The molecular formula is C10H7BrOS. The third-order valence-electron chi connectivity index (χ3n) is 1.90. The zero-order valence-electron chi connectivity index (χ0n) is 6.79. The molecule has 1 aromatic carbocycles. The zero-order valence-corrected chi connectivity index (χ0v) is 9.19. The maximum Gasteiger partial charge on any atom is 0.173 e. The molecule has 0 spiro atoms. The minimum atomic E-state index is 0.135. The summed E-state index contributed by atoms with van der Waals surface area (Å²) in [5, 5.41) is 3.63. The molecule has 13 heavy (non-hydrogen) atoms. The molecule has 1 aromatic heterocycles. The molecule has 2 aromatic rings. The van der Waals surface area contributed by atoms with E-state index < -0.39 is 0 Å². The largest absolute Gasteiger partial charge is 0.293 e. The van der Waals surface area contributed by atoms with E-state index in [2.05, 4.69) is 22.0 Å². The molecule has 0 saturated carbocycles. The average molecular weight is 255 g/mol. The Bertz CT molecular complexity index is 447. The molecule has 0 aliphatic rings. The number of alkyl halides is 1. The fraction of sp³-hybridized carbons (Fsp3) is 0.100. The van der Waals surface area contributed by atoms with Gasteiger partial charge in [0.1, 0.15) is 0 Å². The molecule has 0 aliphatic heterocycles. The SMILES string of the molecule is O=C(CBr)c1ccc2ccsc2c1. The Hall–Kier alpha value is -0.670. The molecule has 1 heterocycles. The normalized spacial score (nSPS) is 10.5. The highest BCUT2D eigenvalue weighted by Crippen LogP contribution is 2.22. The van der Waals surface area contributed by atoms with Gasteiger partial charge in [-0.05, 0) is 22.9 Å². The summed E-state index contributed by atoms with van der Waals surface area (Å²) in [4.78, 5) is 11.3. The predicted octanol–water partition coefficient (Wildman–Crippen LogP) is 3.48. The van der Waals surface area contributed by atoms with E-state index in [1.807, 2.05) is 23.6 Å². The van der Waals surface area contributed by atoms with Crippen LogP contribution in [0.4, 0.5) is 0 Å². The van der Waals surface area contributed by atoms with Gasteiger partial charge >= 0.3 is 0 Å². The van der Waals surface area contributed by atoms with Gasteiger partial charge in [0.05, 0.1) is 5.33 Å². The van der Waals surface area contributed by atoms with E-state index >= 15 is 0 Å². The van der Waals surface area contributed by atoms with Crippen LogP contribution in [0.1, 0.15) is 10.4 Å². The Morgan fingerprint density at radius 2 is 2.23 bits per heavy atom. The first-order valence-corrected chi connectivity index (χ1v) is 5.88. The van der Waals surface area contributed by atoms with Gasteiger partial charge in [-0.1, -0.05) is 28.1 Å². The highest BCUT2D eigenvalue weighted by Gasteiger charge is 2.04. The van der Waals surface area contributed by atoms with Gasteiger partial charge in [-0.3, -0.25) is 4.79 Å². The summed E-state index contributed by atoms with van der Waals surface area (Å²) in [6.07, 6.45) is 0. The number of hydrogen-bond acceptors (Lipinski definition) is 2. The van der Waals surface area contributed by atoms with Crippen LogP contribution in [-0.4, -0.2) is 11.1 Å². The van der Waals surface area contributed by atoms with Gasteiger partial charge in [0.2, 0.25) is 0 Å². The topological polar surface area (TPSA) is 17.1 Å². The minimum absolute atomic E-state index is 0.135. The monoisotopic (exact) mass is 254 g/mol. The Morgan fingerprint density at radius 1 is 1.38 bits per heavy atom. The molecule has 3 heteroatoms. The van der Waals surface area contributed by atoms with Crippen molar-refractivity contribution in [1.29, 1.82) is 0 Å². The van der Waals surface area contributed by atoms with Crippen molar-refractivity contribution < 1.29 is 4.79 Å². The summed E-state index contributed by atoms with van der Waals surface area (Å²) in [5.74, 6) is 0.135. The average Bonchev–Trinajstić information content (AvgIpc) is 2.63. The summed E-state index contributed by atoms with van der Waals surface area (Å²) in [6.45, 7) is 0. The van der Waals surface area contributed by atoms with Crippen molar-refractivity contribution in [3.05, 3.63) is 35.2 Å². The van der Waals surface area contributed by atoms with Crippen LogP contribution in [0.5, 0.6) is 0 Å². The third kappa shape index (κ3) is 1.67. The lowest BCUT2D eigenvalue weighted by molar-refractivity contribution is 0.102. The van der Waals surface area contributed by atoms with E-state index in [-0.39, 0.29) is 5.78 Å². The fourth-order valence-corrected chi connectivity index (χ4v) is 2.36. The molecule has 0 atom stereocenters. The lowest BCUT2D eigenvalue weighted by atomic mass is 10.1. The molecule has 0 bridgehead atoms. The standard InChI is InChI=1S/C10H7BrOS/c11-6-9(12)8-2-1-7-3-4-13-10(7)5-8/h1-5H,6H2. The summed E-state index contributed by atoms with van der Waals surface area (Å²) in [6, 6.07) is 7.87. The van der Waals surface area contributed by atoms with Gasteiger partial charge in [0, 0.05) is 10.3 Å². The van der Waals surface area contributed by atoms with Crippen LogP contribution < -0.4 is 0 Å². The van der Waals surface area contributed by atoms with Gasteiger partial charge in [0.25, 0.3) is 0 Å². The van der Waals surface area contributed by atoms with Crippen molar-refractivity contribution in [3.63, 3.8) is 0 Å². The van der Waals surface area contributed by atoms with Crippen molar-refractivity contribution in [2.24, 2.45) is 0 Å². The van der Waals surface area contributed by atoms with E-state index in [0.717, 1.165) is 5.56 Å². The second-order valence-corrected chi connectivity index (χ2v) is 4.24. The number of fused-ring (bicyclic) bond motifs is 1. The quantitative estimate of drug-likeness (QED) is 0.593. The summed E-state index contributed by atoms with van der Waals surface area (Å²) in [7, 11) is 0. The van der Waals surface area contributed by atoms with Crippen molar-refractivity contribution in [1.82, 2.24) is 0 Å². The van der Waals surface area contributed by atoms with Gasteiger partial charge in [-0.15, -0.1) is 11.3 Å². The summed E-state index contributed by atoms with van der Waals surface area (Å²) >= 11 is 4.82. The molecule has 0 aliphatic carbocycles. The van der Waals surface area contributed by atoms with Crippen LogP contribution in [-0.2, 0) is 0 Å². The molecule has 1 nitrogen and oxygen atoms in total. The number of hydrogen-bond donors (Lipinski definition) is 0. The Kier molecular flexibility index (Phi) is 2.47. The first-order valence-electron chi connectivity index (χ1n) is 3.87. The molecule has 2 rings (SSSR count). The van der Waals surface area contributed by atoms with E-state index in [0.29, 0.717) is 5.33 Å². The number of benzene rings is 1. The zero-order chi connectivity index (χ0) is 9.26. The molecular weight excluding hydrogens is 248 g/mol. The molecule has 66 valence electrons. The van der Waals surface area contributed by atoms with Gasteiger partial charge in [-0.25, -0.2) is 0 Å². The van der Waals surface area contributed by atoms with Crippen LogP contribution in [0.2, 0.25) is 0 Å². The van der Waals surface area contributed by atoms with Crippen molar-refractivity contribution >= 4 is 43.1 Å². The van der Waals surface area contributed by atoms with Crippen LogP contribution in [0, 0.1) is 0 Å². The highest BCUT2D eigenvalue weighted by atomic mass is 79.9. The minimum Gasteiger partial charge on any atom is -0.293 e. The number of carbonyl (C=O) groups is 1. The molecule has 0 saturated heterocycles. The summed E-state index contributed by atoms with van der Waals surface area (Å²) in [5.41, 5.74) is 0.784. The van der Waals surface area contributed by atoms with E-state index in [1.54, 1.807) is 11.3 Å². The molecule has 0 amide bonds. The first kappa shape index (κ1) is 8.91. The summed E-state index contributed by atoms with van der Waals surface area (Å²) < 4.78 is 1.17. The van der Waals surface area contributed by atoms with Crippen LogP contribution in [0.15, 0.2) is 29.6 Å². The van der Waals surface area contributed by atoms with Crippen molar-refractivity contribution in [3.8, 4) is 0 Å². The number of Topliss-reactive ketones (excluding diaryl/α,β-unsaturated/α-hetero) is 1. The molecule has 0 radical (unpaired) electrons. The van der Waals surface area contributed by atoms with Crippen LogP contribution in [0.25, 0.3) is 10.1 Å². The second kappa shape index (κ2) is 3.60. The van der Waals surface area contributed by atoms with Crippen LogP contribution in [0.3, 0.4) is 0 Å². The lowest BCUT2D eigenvalue weighted by Crippen LogP contribution is -1.98. The first-order chi connectivity index (χ1) is 6.31. The molecule has 0 fully saturated rings. The number of rotatable bonds is 2. The van der Waals surface area contributed by atoms with Gasteiger partial charge < -0.3 is 0 Å². The Balaban J connectivity index is 2.54. The predicted molar refractivity (Wildman–Crippen MR) is 59.9 cm³/mol. The smallest absolute Gasteiger partial charge is 0.173 e. The molecule has 0 N–H and O–H groups in total. The lowest BCUT2D eigenvalue weighted by Gasteiger charge is -1.96. The third-order valence-corrected chi connectivity index (χ3v) is 3.29. The maximum atomic E-state index is 11.3. The van der Waals surface area contributed by atoms with E-state index in [9.17, 15) is 4.79 Å². The second-order valence-electron chi connectivity index (χ2n) is 2.73. The Morgan fingerprint density at radius 3 is 3.00 bits per heavy atom. The van der Waals surface area contributed by atoms with Crippen molar-refractivity contribution in [2.45, 2.75) is 0 Å². The maximum absolute atomic E-state index is 11.3. The Labute approximate surface area is 88.5 Å². The van der Waals surface area contributed by atoms with E-state index in [4.69, 9.17) is 0 Å². The van der Waals surface area contributed by atoms with Gasteiger partial charge in [0.15, 0.2) is 5.78 Å². The number of carbonyl (C=O) groups excluding carboxylic acids is 1. The highest BCUT2D eigenvalue weighted by molar-refractivity contribution is 9.09.